The van der Waals surface area contributed by atoms with Gasteiger partial charge in [-0.3, -0.25) is 9.69 Å². The van der Waals surface area contributed by atoms with Gasteiger partial charge in [-0.05, 0) is 69.8 Å². The highest BCUT2D eigenvalue weighted by Crippen LogP contribution is 2.26. The Morgan fingerprint density at radius 2 is 1.83 bits per heavy atom. The van der Waals surface area contributed by atoms with Crippen molar-refractivity contribution in [2.45, 2.75) is 50.5 Å². The van der Waals surface area contributed by atoms with Crippen molar-refractivity contribution in [3.8, 4) is 0 Å². The number of sulfonamides is 1. The summed E-state index contributed by atoms with van der Waals surface area (Å²) in [6, 6.07) is 3.70. The van der Waals surface area contributed by atoms with Crippen molar-refractivity contribution >= 4 is 27.5 Å². The summed E-state index contributed by atoms with van der Waals surface area (Å²) < 4.78 is 40.3. The van der Waals surface area contributed by atoms with E-state index in [0.29, 0.717) is 25.4 Å². The maximum atomic E-state index is 13.3. The smallest absolute Gasteiger partial charge is 0.243 e. The second-order valence-electron chi connectivity index (χ2n) is 8.57. The van der Waals surface area contributed by atoms with Gasteiger partial charge >= 0.3 is 0 Å². The summed E-state index contributed by atoms with van der Waals surface area (Å²) in [4.78, 5) is 15.0. The van der Waals surface area contributed by atoms with Crippen LogP contribution in [-0.2, 0) is 14.8 Å². The molecule has 1 aromatic carbocycles. The van der Waals surface area contributed by atoms with Crippen molar-refractivity contribution in [2.75, 3.05) is 32.7 Å². The van der Waals surface area contributed by atoms with Crippen LogP contribution in [0.15, 0.2) is 23.1 Å². The molecule has 0 saturated carbocycles. The quantitative estimate of drug-likeness (QED) is 0.709. The zero-order chi connectivity index (χ0) is 21.9. The van der Waals surface area contributed by atoms with Crippen LogP contribution in [0.1, 0.15) is 39.5 Å². The van der Waals surface area contributed by atoms with Crippen molar-refractivity contribution in [2.24, 2.45) is 11.8 Å². The second-order valence-corrected chi connectivity index (χ2v) is 10.9. The van der Waals surface area contributed by atoms with Gasteiger partial charge in [0.25, 0.3) is 0 Å². The van der Waals surface area contributed by atoms with E-state index in [2.05, 4.69) is 24.1 Å². The van der Waals surface area contributed by atoms with Crippen LogP contribution in [0.25, 0.3) is 0 Å². The molecule has 30 heavy (non-hydrogen) atoms. The minimum Gasteiger partial charge on any atom is -0.354 e. The molecule has 3 rings (SSSR count). The summed E-state index contributed by atoms with van der Waals surface area (Å²) in [5.74, 6) is -0.0781. The van der Waals surface area contributed by atoms with Crippen LogP contribution in [-0.4, -0.2) is 62.3 Å². The highest BCUT2D eigenvalue weighted by molar-refractivity contribution is 7.89. The van der Waals surface area contributed by atoms with E-state index in [0.717, 1.165) is 31.1 Å². The van der Waals surface area contributed by atoms with Gasteiger partial charge in [-0.2, -0.15) is 4.31 Å². The molecule has 1 atom stereocenters. The van der Waals surface area contributed by atoms with Crippen LogP contribution in [0, 0.1) is 17.7 Å². The van der Waals surface area contributed by atoms with E-state index in [1.54, 1.807) is 0 Å². The summed E-state index contributed by atoms with van der Waals surface area (Å²) >= 11 is 5.73. The molecule has 1 N–H and O–H groups in total. The number of piperidine rings is 2. The Morgan fingerprint density at radius 3 is 2.43 bits per heavy atom. The monoisotopic (exact) mass is 459 g/mol. The average molecular weight is 460 g/mol. The first-order valence-electron chi connectivity index (χ1n) is 10.7. The van der Waals surface area contributed by atoms with Gasteiger partial charge in [0.15, 0.2) is 0 Å². The van der Waals surface area contributed by atoms with Gasteiger partial charge in [0.2, 0.25) is 15.9 Å². The average Bonchev–Trinajstić information content (AvgIpc) is 2.74. The van der Waals surface area contributed by atoms with Gasteiger partial charge in [-0.25, -0.2) is 12.8 Å². The first-order chi connectivity index (χ1) is 14.2. The van der Waals surface area contributed by atoms with E-state index in [1.807, 2.05) is 0 Å². The number of nitrogens with zero attached hydrogens (tertiary/aromatic N) is 2. The fourth-order valence-corrected chi connectivity index (χ4v) is 5.88. The van der Waals surface area contributed by atoms with Crippen molar-refractivity contribution < 1.29 is 17.6 Å². The Labute approximate surface area is 183 Å². The zero-order valence-corrected chi connectivity index (χ0v) is 19.2. The minimum atomic E-state index is -3.75. The Kier molecular flexibility index (Phi) is 7.76. The number of amides is 1. The molecular formula is C21H31ClFN3O3S. The van der Waals surface area contributed by atoms with Gasteiger partial charge in [0, 0.05) is 31.6 Å². The van der Waals surface area contributed by atoms with E-state index in [9.17, 15) is 17.6 Å². The molecule has 6 nitrogen and oxygen atoms in total. The number of carbonyl (C=O) groups is 1. The number of rotatable bonds is 6. The predicted molar refractivity (Wildman–Crippen MR) is 115 cm³/mol. The number of carbonyl (C=O) groups excluding carboxylic acids is 1. The van der Waals surface area contributed by atoms with Crippen LogP contribution in [0.2, 0.25) is 5.02 Å². The molecule has 0 spiro atoms. The zero-order valence-electron chi connectivity index (χ0n) is 17.6. The molecule has 1 aromatic rings. The van der Waals surface area contributed by atoms with Gasteiger partial charge in [-0.15, -0.1) is 0 Å². The number of hydrogen-bond donors (Lipinski definition) is 1. The molecule has 1 unspecified atom stereocenters. The fourth-order valence-electron chi connectivity index (χ4n) is 4.14. The highest BCUT2D eigenvalue weighted by Gasteiger charge is 2.32. The number of benzene rings is 1. The lowest BCUT2D eigenvalue weighted by Crippen LogP contribution is -2.48. The summed E-state index contributed by atoms with van der Waals surface area (Å²) in [6.45, 7) is 7.69. The lowest BCUT2D eigenvalue weighted by molar-refractivity contribution is -0.126. The van der Waals surface area contributed by atoms with Crippen molar-refractivity contribution in [1.82, 2.24) is 14.5 Å². The molecule has 2 saturated heterocycles. The Bertz CT molecular complexity index is 851. The van der Waals surface area contributed by atoms with Crippen LogP contribution in [0.4, 0.5) is 4.39 Å². The van der Waals surface area contributed by atoms with E-state index < -0.39 is 15.8 Å². The molecule has 0 bridgehead atoms. The van der Waals surface area contributed by atoms with E-state index >= 15 is 0 Å². The molecule has 2 aliphatic rings. The summed E-state index contributed by atoms with van der Waals surface area (Å²) in [5, 5.41) is 2.83. The SMILES string of the molecule is CC1CCN(C(C)CNC(=O)C2CCN(S(=O)(=O)c3ccc(F)c(Cl)c3)CC2)CC1. The largest absolute Gasteiger partial charge is 0.354 e. The molecule has 1 amide bonds. The first kappa shape index (κ1) is 23.4. The van der Waals surface area contributed by atoms with Crippen LogP contribution >= 0.6 is 11.6 Å². The molecule has 0 radical (unpaired) electrons. The maximum Gasteiger partial charge on any atom is 0.243 e. The van der Waals surface area contributed by atoms with Gasteiger partial charge in [-0.1, -0.05) is 18.5 Å². The maximum absolute atomic E-state index is 13.3. The third-order valence-electron chi connectivity index (χ3n) is 6.37. The van der Waals surface area contributed by atoms with E-state index in [1.165, 1.54) is 23.2 Å². The van der Waals surface area contributed by atoms with Crippen LogP contribution in [0.5, 0.6) is 0 Å². The Morgan fingerprint density at radius 1 is 1.20 bits per heavy atom. The lowest BCUT2D eigenvalue weighted by Gasteiger charge is -2.35. The fraction of sp³-hybridized carbons (Fsp3) is 0.667. The summed E-state index contributed by atoms with van der Waals surface area (Å²) in [6.07, 6.45) is 3.33. The van der Waals surface area contributed by atoms with Gasteiger partial charge in [0.05, 0.1) is 9.92 Å². The van der Waals surface area contributed by atoms with Crippen LogP contribution < -0.4 is 5.32 Å². The molecule has 2 fully saturated rings. The highest BCUT2D eigenvalue weighted by atomic mass is 35.5. The normalized spacial score (nSPS) is 21.5. The van der Waals surface area contributed by atoms with Crippen molar-refractivity contribution in [1.29, 1.82) is 0 Å². The minimum absolute atomic E-state index is 0.00546. The molecular weight excluding hydrogens is 429 g/mol. The number of nitrogens with one attached hydrogen (secondary N) is 1. The summed E-state index contributed by atoms with van der Waals surface area (Å²) in [5.41, 5.74) is 0. The third-order valence-corrected chi connectivity index (χ3v) is 8.55. The topological polar surface area (TPSA) is 69.7 Å². The van der Waals surface area contributed by atoms with Crippen molar-refractivity contribution in [3.63, 3.8) is 0 Å². The number of hydrogen-bond acceptors (Lipinski definition) is 4. The number of likely N-dealkylation sites (tertiary alicyclic amines) is 1. The summed E-state index contributed by atoms with van der Waals surface area (Å²) in [7, 11) is -3.75. The molecule has 9 heteroatoms. The molecule has 2 heterocycles. The molecule has 0 aliphatic carbocycles. The lowest BCUT2D eigenvalue weighted by atomic mass is 9.96. The van der Waals surface area contributed by atoms with Gasteiger partial charge < -0.3 is 5.32 Å². The Balaban J connectivity index is 1.48. The van der Waals surface area contributed by atoms with E-state index in [4.69, 9.17) is 11.6 Å². The molecule has 2 aliphatic heterocycles. The molecule has 0 aromatic heterocycles. The van der Waals surface area contributed by atoms with Crippen LogP contribution in [0.3, 0.4) is 0 Å². The standard InChI is InChI=1S/C21H31ClFN3O3S/c1-15-5-9-25(10-6-15)16(2)14-24-21(27)17-7-11-26(12-8-17)30(28,29)18-3-4-20(23)19(22)13-18/h3-4,13,15-17H,5-12,14H2,1-2H3,(H,24,27). The van der Waals surface area contributed by atoms with E-state index in [-0.39, 0.29) is 34.8 Å². The Hall–Kier alpha value is -1.22. The predicted octanol–water partition coefficient (Wildman–Crippen LogP) is 3.12. The third kappa shape index (κ3) is 5.52. The van der Waals surface area contributed by atoms with Crippen molar-refractivity contribution in [3.05, 3.63) is 29.0 Å². The second kappa shape index (κ2) is 9.94. The first-order valence-corrected chi connectivity index (χ1v) is 12.5. The molecule has 168 valence electrons. The number of halogens is 2. The van der Waals surface area contributed by atoms with Gasteiger partial charge in [0.1, 0.15) is 5.82 Å².